The molecule has 0 unspecified atom stereocenters. The molecule has 2 nitrogen and oxygen atoms in total. The van der Waals surface area contributed by atoms with Crippen molar-refractivity contribution in [3.8, 4) is 0 Å². The molecule has 1 rings (SSSR count). The zero-order valence-electron chi connectivity index (χ0n) is 12.2. The van der Waals surface area contributed by atoms with Crippen LogP contribution in [0.25, 0.3) is 0 Å². The van der Waals surface area contributed by atoms with Gasteiger partial charge in [0.25, 0.3) is 0 Å². The number of nitrogen functional groups attached to an aromatic ring is 1. The molecule has 0 aliphatic rings. The van der Waals surface area contributed by atoms with Crippen molar-refractivity contribution < 1.29 is 4.79 Å². The average molecular weight is 500 g/mol. The zero-order valence-corrected chi connectivity index (χ0v) is 18.9. The van der Waals surface area contributed by atoms with E-state index >= 15 is 0 Å². The number of hydrogen-bond acceptors (Lipinski definition) is 3. The van der Waals surface area contributed by atoms with Gasteiger partial charge < -0.3 is 5.73 Å². The van der Waals surface area contributed by atoms with Gasteiger partial charge in [-0.25, -0.2) is 0 Å². The van der Waals surface area contributed by atoms with Crippen molar-refractivity contribution in [1.82, 2.24) is 0 Å². The van der Waals surface area contributed by atoms with Crippen molar-refractivity contribution in [2.45, 2.75) is 52.4 Å². The van der Waals surface area contributed by atoms with E-state index in [1.165, 1.54) is 28.9 Å². The molecule has 1 aromatic heterocycles. The summed E-state index contributed by atoms with van der Waals surface area (Å²) >= 11 is -1.84. The van der Waals surface area contributed by atoms with Gasteiger partial charge in [0.1, 0.15) is 0 Å². The summed E-state index contributed by atoms with van der Waals surface area (Å²) < 4.78 is 0. The molecule has 0 saturated heterocycles. The maximum atomic E-state index is 11.0. The van der Waals surface area contributed by atoms with E-state index < -0.39 is 13.9 Å². The summed E-state index contributed by atoms with van der Waals surface area (Å²) in [6.45, 7) is 4.34. The first kappa shape index (κ1) is 22.1. The first-order valence-corrected chi connectivity index (χ1v) is 22.1. The molecule has 0 bridgehead atoms. The summed E-state index contributed by atoms with van der Waals surface area (Å²) in [5.41, 5.74) is 8.44. The molecule has 0 spiro atoms. The second-order valence-corrected chi connectivity index (χ2v) is 31.1. The van der Waals surface area contributed by atoms with Crippen LogP contribution >= 0.6 is 47.0 Å². The number of carbonyl (C=O) groups is 1. The van der Waals surface area contributed by atoms with Crippen LogP contribution in [-0.4, -0.2) is 20.2 Å². The van der Waals surface area contributed by atoms with E-state index in [4.69, 9.17) is 41.4 Å². The molecule has 2 N–H and O–H groups in total. The van der Waals surface area contributed by atoms with Gasteiger partial charge in [-0.15, -0.1) is 11.3 Å². The van der Waals surface area contributed by atoms with E-state index in [-0.39, 0.29) is 0 Å². The number of rotatable bonds is 7. The first-order chi connectivity index (χ1) is 9.74. The molecule has 21 heavy (non-hydrogen) atoms. The standard InChI is InChI=1S/C13H21NOS.4ClH.Sn/c1-3-5-7-10-11(8-6-4-2)13(14)16-12(10)9-15;;;;;/h9H,3-8,14H2,1-2H3;4*1H;/q;;;;;+4/p-4. The molecule has 1 heterocycles. The summed E-state index contributed by atoms with van der Waals surface area (Å²) in [6, 6.07) is 0. The van der Waals surface area contributed by atoms with Gasteiger partial charge in [0, 0.05) is 0 Å². The van der Waals surface area contributed by atoms with Crippen LogP contribution in [0.3, 0.4) is 0 Å². The zero-order chi connectivity index (χ0) is 16.5. The Bertz CT molecular complexity index is 429. The Labute approximate surface area is 150 Å². The molecule has 0 aliphatic heterocycles. The van der Waals surface area contributed by atoms with Crippen molar-refractivity contribution in [1.29, 1.82) is 0 Å². The maximum absolute atomic E-state index is 11.0. The third-order valence-corrected chi connectivity index (χ3v) is 3.88. The molecule has 8 heteroatoms. The van der Waals surface area contributed by atoms with E-state index in [0.29, 0.717) is 0 Å². The summed E-state index contributed by atoms with van der Waals surface area (Å²) in [6.07, 6.45) is 7.58. The predicted molar refractivity (Wildman–Crippen MR) is 101 cm³/mol. The number of aldehydes is 1. The van der Waals surface area contributed by atoms with Crippen LogP contribution in [0, 0.1) is 0 Å². The van der Waals surface area contributed by atoms with Crippen LogP contribution in [0.5, 0.6) is 0 Å². The van der Waals surface area contributed by atoms with Gasteiger partial charge in [-0.05, 0) is 36.8 Å². The molecular weight excluding hydrogens is 479 g/mol. The fraction of sp³-hybridized carbons (Fsp3) is 0.615. The summed E-state index contributed by atoms with van der Waals surface area (Å²) in [5, 5.41) is 0.849. The Morgan fingerprint density at radius 1 is 1.05 bits per heavy atom. The third kappa shape index (κ3) is 10.5. The number of anilines is 1. The summed E-state index contributed by atoms with van der Waals surface area (Å²) in [5.74, 6) is 0. The van der Waals surface area contributed by atoms with Gasteiger partial charge in [0.2, 0.25) is 0 Å². The minimum absolute atomic E-state index is 0.844. The normalized spacial score (nSPS) is 11.0. The summed E-state index contributed by atoms with van der Waals surface area (Å²) in [4.78, 5) is 11.8. The van der Waals surface area contributed by atoms with Crippen LogP contribution < -0.4 is 5.73 Å². The van der Waals surface area contributed by atoms with Crippen molar-refractivity contribution in [2.75, 3.05) is 5.73 Å². The van der Waals surface area contributed by atoms with Crippen molar-refractivity contribution >= 4 is 72.2 Å². The molecule has 0 aliphatic carbocycles. The quantitative estimate of drug-likeness (QED) is 0.358. The SMILES string of the molecule is CCCCc1c(N)sc(C=O)c1CCCC.[Cl][Sn]([Cl])([Cl])[Cl]. The van der Waals surface area contributed by atoms with Crippen molar-refractivity contribution in [3.05, 3.63) is 16.0 Å². The Balaban J connectivity index is 0.000000690. The number of carbonyl (C=O) groups excluding carboxylic acids is 1. The third-order valence-electron chi connectivity index (χ3n) is 2.85. The number of nitrogens with two attached hydrogens (primary N) is 1. The van der Waals surface area contributed by atoms with Crippen LogP contribution in [0.1, 0.15) is 60.3 Å². The van der Waals surface area contributed by atoms with Gasteiger partial charge in [-0.3, -0.25) is 4.79 Å². The van der Waals surface area contributed by atoms with Crippen LogP contribution in [0.2, 0.25) is 0 Å². The first-order valence-electron chi connectivity index (χ1n) is 6.85. The second-order valence-electron chi connectivity index (χ2n) is 4.54. The van der Waals surface area contributed by atoms with Gasteiger partial charge in [0.05, 0.1) is 9.88 Å². The van der Waals surface area contributed by atoms with Gasteiger partial charge in [0.15, 0.2) is 6.29 Å². The van der Waals surface area contributed by atoms with Crippen LogP contribution in [0.15, 0.2) is 0 Å². The summed E-state index contributed by atoms with van der Waals surface area (Å²) in [7, 11) is 20.1. The molecule has 1 aromatic rings. The Morgan fingerprint density at radius 2 is 1.48 bits per heavy atom. The Kier molecular flexibility index (Phi) is 12.3. The molecular formula is C13H21Cl4NOSSn. The molecule has 0 amide bonds. The van der Waals surface area contributed by atoms with E-state index in [9.17, 15) is 4.79 Å². The number of halogens is 4. The molecule has 0 fully saturated rings. The fourth-order valence-electron chi connectivity index (χ4n) is 1.89. The van der Waals surface area contributed by atoms with Gasteiger partial charge >= 0.3 is 49.6 Å². The van der Waals surface area contributed by atoms with E-state index in [2.05, 4.69) is 13.8 Å². The van der Waals surface area contributed by atoms with Gasteiger partial charge in [-0.1, -0.05) is 26.7 Å². The number of unbranched alkanes of at least 4 members (excludes halogenated alkanes) is 2. The Morgan fingerprint density at radius 3 is 1.86 bits per heavy atom. The van der Waals surface area contributed by atoms with Crippen LogP contribution in [0.4, 0.5) is 5.00 Å². The van der Waals surface area contributed by atoms with E-state index in [1.54, 1.807) is 0 Å². The molecule has 0 atom stereocenters. The second kappa shape index (κ2) is 11.6. The van der Waals surface area contributed by atoms with Crippen LogP contribution in [-0.2, 0) is 12.8 Å². The minimum atomic E-state index is -3.29. The monoisotopic (exact) mass is 499 g/mol. The van der Waals surface area contributed by atoms with E-state index in [1.807, 2.05) is 0 Å². The predicted octanol–water partition coefficient (Wildman–Crippen LogP) is 6.21. The number of thiophene rings is 1. The average Bonchev–Trinajstić information content (AvgIpc) is 2.67. The molecule has 0 aromatic carbocycles. The fourth-order valence-corrected chi connectivity index (χ4v) is 2.87. The number of hydrogen-bond donors (Lipinski definition) is 1. The van der Waals surface area contributed by atoms with Crippen molar-refractivity contribution in [3.63, 3.8) is 0 Å². The van der Waals surface area contributed by atoms with Crippen molar-refractivity contribution in [2.24, 2.45) is 0 Å². The molecule has 0 saturated carbocycles. The van der Waals surface area contributed by atoms with Gasteiger partial charge in [-0.2, -0.15) is 0 Å². The van der Waals surface area contributed by atoms with E-state index in [0.717, 1.165) is 48.3 Å². The molecule has 122 valence electrons. The molecule has 0 radical (unpaired) electrons. The topological polar surface area (TPSA) is 43.1 Å². The Hall–Kier alpha value is 1.13.